The summed E-state index contributed by atoms with van der Waals surface area (Å²) in [6.07, 6.45) is 8.89. The Morgan fingerprint density at radius 3 is 2.57 bits per heavy atom. The molecule has 1 saturated carbocycles. The molecule has 1 fully saturated rings. The standard InChI is InChI=1S/C24H25N3O3/c1-17-8-2-5-12-20(17)27(24(29)21-13-7-15-30-21)22(18-9-6-14-25-16-18)23(28)26-19-10-3-4-11-19/h2,5-9,12-16,19,22H,3-4,10-11H2,1H3,(H,26,28)/t22-/m0/s1. The Morgan fingerprint density at radius 1 is 1.10 bits per heavy atom. The Hall–Kier alpha value is -3.41. The van der Waals surface area contributed by atoms with Crippen molar-refractivity contribution in [3.63, 3.8) is 0 Å². The summed E-state index contributed by atoms with van der Waals surface area (Å²) in [4.78, 5) is 32.8. The van der Waals surface area contributed by atoms with Crippen molar-refractivity contribution < 1.29 is 14.0 Å². The zero-order valence-corrected chi connectivity index (χ0v) is 17.0. The van der Waals surface area contributed by atoms with Gasteiger partial charge in [-0.15, -0.1) is 0 Å². The maximum absolute atomic E-state index is 13.5. The van der Waals surface area contributed by atoms with Crippen molar-refractivity contribution in [2.24, 2.45) is 0 Å². The summed E-state index contributed by atoms with van der Waals surface area (Å²) < 4.78 is 5.40. The number of hydrogen-bond acceptors (Lipinski definition) is 4. The minimum atomic E-state index is -0.863. The molecule has 2 amide bonds. The maximum Gasteiger partial charge on any atom is 0.294 e. The van der Waals surface area contributed by atoms with Crippen LogP contribution in [0, 0.1) is 6.92 Å². The van der Waals surface area contributed by atoms with Crippen LogP contribution >= 0.6 is 0 Å². The highest BCUT2D eigenvalue weighted by molar-refractivity contribution is 6.09. The molecule has 4 rings (SSSR count). The summed E-state index contributed by atoms with van der Waals surface area (Å²) in [6, 6.07) is 13.7. The molecular weight excluding hydrogens is 378 g/mol. The fraction of sp³-hybridized carbons (Fsp3) is 0.292. The number of rotatable bonds is 6. The monoisotopic (exact) mass is 403 g/mol. The molecule has 1 atom stereocenters. The van der Waals surface area contributed by atoms with Crippen LogP contribution in [0.1, 0.15) is 53.4 Å². The van der Waals surface area contributed by atoms with Crippen LogP contribution in [-0.2, 0) is 4.79 Å². The number of aryl methyl sites for hydroxylation is 1. The highest BCUT2D eigenvalue weighted by atomic mass is 16.3. The predicted molar refractivity (Wildman–Crippen MR) is 114 cm³/mol. The number of anilines is 1. The molecular formula is C24H25N3O3. The number of carbonyl (C=O) groups excluding carboxylic acids is 2. The Kier molecular flexibility index (Phi) is 5.93. The lowest BCUT2D eigenvalue weighted by molar-refractivity contribution is -0.123. The summed E-state index contributed by atoms with van der Waals surface area (Å²) in [6.45, 7) is 1.92. The van der Waals surface area contributed by atoms with E-state index in [1.165, 1.54) is 11.2 Å². The summed E-state index contributed by atoms with van der Waals surface area (Å²) in [5.41, 5.74) is 2.20. The van der Waals surface area contributed by atoms with E-state index >= 15 is 0 Å². The minimum Gasteiger partial charge on any atom is -0.459 e. The highest BCUT2D eigenvalue weighted by Crippen LogP contribution is 2.32. The molecule has 6 heteroatoms. The Labute approximate surface area is 175 Å². The molecule has 1 aliphatic carbocycles. The smallest absolute Gasteiger partial charge is 0.294 e. The minimum absolute atomic E-state index is 0.133. The van der Waals surface area contributed by atoms with Gasteiger partial charge in [-0.1, -0.05) is 37.1 Å². The van der Waals surface area contributed by atoms with Crippen LogP contribution in [0.5, 0.6) is 0 Å². The van der Waals surface area contributed by atoms with Crippen molar-refractivity contribution in [2.75, 3.05) is 4.90 Å². The summed E-state index contributed by atoms with van der Waals surface area (Å²) in [5, 5.41) is 3.16. The third-order valence-electron chi connectivity index (χ3n) is 5.53. The fourth-order valence-electron chi connectivity index (χ4n) is 4.02. The lowest BCUT2D eigenvalue weighted by atomic mass is 10.0. The topological polar surface area (TPSA) is 75.4 Å². The van der Waals surface area contributed by atoms with E-state index in [9.17, 15) is 9.59 Å². The van der Waals surface area contributed by atoms with Gasteiger partial charge in [0.05, 0.1) is 6.26 Å². The molecule has 0 unspecified atom stereocenters. The van der Waals surface area contributed by atoms with E-state index in [1.54, 1.807) is 30.6 Å². The van der Waals surface area contributed by atoms with Gasteiger partial charge in [0.1, 0.15) is 6.04 Å². The molecule has 30 heavy (non-hydrogen) atoms. The molecule has 1 N–H and O–H groups in total. The van der Waals surface area contributed by atoms with Gasteiger partial charge in [0, 0.05) is 29.7 Å². The van der Waals surface area contributed by atoms with Crippen LogP contribution in [0.15, 0.2) is 71.6 Å². The zero-order chi connectivity index (χ0) is 20.9. The Morgan fingerprint density at radius 2 is 1.90 bits per heavy atom. The van der Waals surface area contributed by atoms with Crippen LogP contribution < -0.4 is 10.2 Å². The van der Waals surface area contributed by atoms with Crippen LogP contribution in [0.4, 0.5) is 5.69 Å². The highest BCUT2D eigenvalue weighted by Gasteiger charge is 2.36. The van der Waals surface area contributed by atoms with Gasteiger partial charge in [-0.25, -0.2) is 0 Å². The molecule has 1 aliphatic rings. The number of aromatic nitrogens is 1. The maximum atomic E-state index is 13.5. The van der Waals surface area contributed by atoms with Gasteiger partial charge in [-0.05, 0) is 49.6 Å². The molecule has 0 spiro atoms. The third kappa shape index (κ3) is 4.13. The second-order valence-electron chi connectivity index (χ2n) is 7.62. The largest absolute Gasteiger partial charge is 0.459 e. The van der Waals surface area contributed by atoms with Gasteiger partial charge in [-0.3, -0.25) is 19.5 Å². The molecule has 0 bridgehead atoms. The molecule has 0 radical (unpaired) electrons. The van der Waals surface area contributed by atoms with E-state index < -0.39 is 6.04 Å². The molecule has 0 saturated heterocycles. The van der Waals surface area contributed by atoms with Crippen molar-refractivity contribution in [1.29, 1.82) is 0 Å². The van der Waals surface area contributed by atoms with Gasteiger partial charge in [0.15, 0.2) is 5.76 Å². The molecule has 6 nitrogen and oxygen atoms in total. The van der Waals surface area contributed by atoms with Crippen LogP contribution in [0.25, 0.3) is 0 Å². The van der Waals surface area contributed by atoms with E-state index in [0.717, 1.165) is 31.2 Å². The quantitative estimate of drug-likeness (QED) is 0.661. The van der Waals surface area contributed by atoms with E-state index in [1.807, 2.05) is 37.3 Å². The summed E-state index contributed by atoms with van der Waals surface area (Å²) in [5.74, 6) is -0.399. The molecule has 2 aromatic heterocycles. The summed E-state index contributed by atoms with van der Waals surface area (Å²) >= 11 is 0. The Balaban J connectivity index is 1.80. The lowest BCUT2D eigenvalue weighted by Crippen LogP contribution is -2.46. The van der Waals surface area contributed by atoms with Gasteiger partial charge in [-0.2, -0.15) is 0 Å². The van der Waals surface area contributed by atoms with Gasteiger partial charge in [0.25, 0.3) is 5.91 Å². The molecule has 3 aromatic rings. The number of benzene rings is 1. The van der Waals surface area contributed by atoms with Crippen molar-refractivity contribution >= 4 is 17.5 Å². The first kappa shape index (κ1) is 19.9. The zero-order valence-electron chi connectivity index (χ0n) is 17.0. The lowest BCUT2D eigenvalue weighted by Gasteiger charge is -2.32. The number of nitrogens with one attached hydrogen (secondary N) is 1. The van der Waals surface area contributed by atoms with E-state index in [4.69, 9.17) is 4.42 Å². The average molecular weight is 403 g/mol. The van der Waals surface area contributed by atoms with Crippen LogP contribution in [0.3, 0.4) is 0 Å². The van der Waals surface area contributed by atoms with Gasteiger partial charge in [0.2, 0.25) is 5.91 Å². The molecule has 0 aliphatic heterocycles. The van der Waals surface area contributed by atoms with E-state index in [2.05, 4.69) is 10.3 Å². The normalized spacial score (nSPS) is 15.0. The number of carbonyl (C=O) groups is 2. The fourth-order valence-corrected chi connectivity index (χ4v) is 4.02. The molecule has 2 heterocycles. The van der Waals surface area contributed by atoms with Crippen molar-refractivity contribution in [3.8, 4) is 0 Å². The SMILES string of the molecule is Cc1ccccc1N(C(=O)c1ccco1)[C@H](C(=O)NC1CCCC1)c1cccnc1. The Bertz CT molecular complexity index is 996. The first-order chi connectivity index (χ1) is 14.6. The average Bonchev–Trinajstić information content (AvgIpc) is 3.47. The number of pyridine rings is 1. The second-order valence-corrected chi connectivity index (χ2v) is 7.62. The first-order valence-corrected chi connectivity index (χ1v) is 10.3. The number of amides is 2. The van der Waals surface area contributed by atoms with Crippen LogP contribution in [0.2, 0.25) is 0 Å². The number of para-hydroxylation sites is 1. The molecule has 154 valence electrons. The van der Waals surface area contributed by atoms with Crippen molar-refractivity contribution in [1.82, 2.24) is 10.3 Å². The number of nitrogens with zero attached hydrogens (tertiary/aromatic N) is 2. The number of furan rings is 1. The number of hydrogen-bond donors (Lipinski definition) is 1. The van der Waals surface area contributed by atoms with E-state index in [0.29, 0.717) is 11.3 Å². The van der Waals surface area contributed by atoms with Crippen molar-refractivity contribution in [2.45, 2.75) is 44.7 Å². The van der Waals surface area contributed by atoms with Gasteiger partial charge < -0.3 is 9.73 Å². The van der Waals surface area contributed by atoms with Crippen LogP contribution in [-0.4, -0.2) is 22.8 Å². The predicted octanol–water partition coefficient (Wildman–Crippen LogP) is 4.43. The third-order valence-corrected chi connectivity index (χ3v) is 5.53. The van der Waals surface area contributed by atoms with Gasteiger partial charge >= 0.3 is 0 Å². The molecule has 1 aromatic carbocycles. The van der Waals surface area contributed by atoms with Crippen molar-refractivity contribution in [3.05, 3.63) is 84.1 Å². The second kappa shape index (κ2) is 8.95. The summed E-state index contributed by atoms with van der Waals surface area (Å²) in [7, 11) is 0. The van der Waals surface area contributed by atoms with E-state index in [-0.39, 0.29) is 23.6 Å². The first-order valence-electron chi connectivity index (χ1n) is 10.3.